The van der Waals surface area contributed by atoms with Crippen molar-refractivity contribution in [1.82, 2.24) is 0 Å². The fourth-order valence-corrected chi connectivity index (χ4v) is 15.8. The number of nitrogens with zero attached hydrogens (tertiary/aromatic N) is 4. The Kier molecular flexibility index (Phi) is 8.72. The first-order valence-corrected chi connectivity index (χ1v) is 27.6. The Morgan fingerprint density at radius 3 is 1.18 bits per heavy atom. The fourth-order valence-electron chi connectivity index (χ4n) is 13.5. The van der Waals surface area contributed by atoms with E-state index in [0.717, 1.165) is 66.4 Å². The van der Waals surface area contributed by atoms with E-state index in [1.807, 2.05) is 34.8 Å². The second kappa shape index (κ2) is 15.3. The lowest BCUT2D eigenvalue weighted by Gasteiger charge is -2.43. The maximum atomic E-state index is 10.7. The lowest BCUT2D eigenvalue weighted by molar-refractivity contribution is 0.633. The van der Waals surface area contributed by atoms with Gasteiger partial charge < -0.3 is 9.80 Å². The minimum atomic E-state index is -0.333. The zero-order chi connectivity index (χ0) is 50.9. The Morgan fingerprint density at radius 1 is 0.316 bits per heavy atom. The van der Waals surface area contributed by atoms with Crippen LogP contribution in [0.3, 0.4) is 0 Å². The zero-order valence-electron chi connectivity index (χ0n) is 42.1. The molecule has 2 aliphatic rings. The lowest BCUT2D eigenvalue weighted by Crippen LogP contribution is -2.30. The Labute approximate surface area is 446 Å². The van der Waals surface area contributed by atoms with Gasteiger partial charge in [0.15, 0.2) is 0 Å². The summed E-state index contributed by atoms with van der Waals surface area (Å²) in [5.74, 6) is 0. The number of thiophene rings is 2. The van der Waals surface area contributed by atoms with Crippen molar-refractivity contribution < 1.29 is 0 Å². The zero-order valence-corrected chi connectivity index (χ0v) is 43.7. The van der Waals surface area contributed by atoms with Crippen molar-refractivity contribution in [2.45, 2.75) is 38.5 Å². The normalized spacial score (nSPS) is 14.4. The summed E-state index contributed by atoms with van der Waals surface area (Å²) in [5.41, 5.74) is 12.0. The molecule has 16 rings (SSSR count). The van der Waals surface area contributed by atoms with Crippen LogP contribution in [-0.4, -0.2) is 0 Å². The predicted molar refractivity (Wildman–Crippen MR) is 323 cm³/mol. The van der Waals surface area contributed by atoms with E-state index in [1.54, 1.807) is 0 Å². The third-order valence-electron chi connectivity index (χ3n) is 17.2. The molecule has 0 bridgehead atoms. The second-order valence-electron chi connectivity index (χ2n) is 21.8. The average Bonchev–Trinajstić information content (AvgIpc) is 4.18. The van der Waals surface area contributed by atoms with E-state index >= 15 is 0 Å². The van der Waals surface area contributed by atoms with Crippen LogP contribution < -0.4 is 9.80 Å². The van der Waals surface area contributed by atoms with Crippen molar-refractivity contribution >= 4 is 151 Å². The minimum Gasteiger partial charge on any atom is -0.309 e. The predicted octanol–water partition coefficient (Wildman–Crippen LogP) is 20.1. The van der Waals surface area contributed by atoms with Crippen molar-refractivity contribution in [1.29, 1.82) is 10.5 Å². The lowest BCUT2D eigenvalue weighted by atomic mass is 9.73. The van der Waals surface area contributed by atoms with Gasteiger partial charge in [-0.3, -0.25) is 0 Å². The number of benzene rings is 12. The van der Waals surface area contributed by atoms with Crippen LogP contribution in [0.25, 0.3) is 94.2 Å². The van der Waals surface area contributed by atoms with Gasteiger partial charge in [-0.25, -0.2) is 0 Å². The van der Waals surface area contributed by atoms with Gasteiger partial charge in [-0.1, -0.05) is 137 Å². The van der Waals surface area contributed by atoms with Crippen LogP contribution in [0.15, 0.2) is 194 Å². The molecule has 0 spiro atoms. The van der Waals surface area contributed by atoms with E-state index < -0.39 is 0 Å². The smallest absolute Gasteiger partial charge is 0.0991 e. The van der Waals surface area contributed by atoms with Crippen LogP contribution in [0.5, 0.6) is 0 Å². The molecule has 0 amide bonds. The van der Waals surface area contributed by atoms with Gasteiger partial charge in [-0.05, 0) is 150 Å². The summed E-state index contributed by atoms with van der Waals surface area (Å²) in [7, 11) is 0. The molecule has 0 unspecified atom stereocenters. The molecule has 356 valence electrons. The molecule has 6 heteroatoms. The molecule has 0 saturated carbocycles. The number of rotatable bonds is 2. The van der Waals surface area contributed by atoms with E-state index in [-0.39, 0.29) is 10.8 Å². The summed E-state index contributed by atoms with van der Waals surface area (Å²) in [4.78, 5) is 4.95. The maximum Gasteiger partial charge on any atom is 0.0991 e. The SMILES string of the molecule is CC1(C)c2ccccc2N(c2cc3c4ccc(C#N)cc4c(N4c5ccccc5C(C)(C)c5cc6c(cc54)sc4ccc5ccccc5c46)cc3c3ccc(C#N)cc23)c2cc3sc4ccc5ccccc5c4c3cc21. The van der Waals surface area contributed by atoms with Gasteiger partial charge >= 0.3 is 0 Å². The molecule has 0 radical (unpaired) electrons. The van der Waals surface area contributed by atoms with Crippen LogP contribution >= 0.6 is 22.7 Å². The van der Waals surface area contributed by atoms with Crippen LogP contribution in [0.4, 0.5) is 34.1 Å². The molecule has 0 aliphatic carbocycles. The molecule has 76 heavy (non-hydrogen) atoms. The van der Waals surface area contributed by atoms with Crippen molar-refractivity contribution in [3.63, 3.8) is 0 Å². The first kappa shape index (κ1) is 43.4. The molecule has 4 heterocycles. The van der Waals surface area contributed by atoms with Gasteiger partial charge in [-0.15, -0.1) is 22.7 Å². The number of hydrogen-bond donors (Lipinski definition) is 0. The minimum absolute atomic E-state index is 0.333. The van der Waals surface area contributed by atoms with Crippen LogP contribution in [0.1, 0.15) is 61.1 Å². The van der Waals surface area contributed by atoms with Crippen LogP contribution in [0, 0.1) is 22.7 Å². The number of anilines is 6. The third-order valence-corrected chi connectivity index (χ3v) is 19.4. The van der Waals surface area contributed by atoms with Gasteiger partial charge in [-0.2, -0.15) is 10.5 Å². The molecule has 0 saturated heterocycles. The van der Waals surface area contributed by atoms with Crippen molar-refractivity contribution in [3.05, 3.63) is 228 Å². The first-order valence-electron chi connectivity index (χ1n) is 25.9. The highest BCUT2D eigenvalue weighted by molar-refractivity contribution is 7.26. The van der Waals surface area contributed by atoms with E-state index in [9.17, 15) is 10.5 Å². The summed E-state index contributed by atoms with van der Waals surface area (Å²) in [6.07, 6.45) is 0. The molecule has 4 nitrogen and oxygen atoms in total. The standard InChI is InChI=1S/C70H44N4S2/c1-69(2)53-17-9-11-19-57(53)73(61-35-65-51(31-55(61)69)67-43-15-7-5-13-41(43)23-27-63(67)75-65)59-33-47-46-26-22-40(38-72)30-50(46)60(34-48(47)45-25-21-39(37-71)29-49(45)59)74-58-20-12-10-18-54(58)70(3,4)56-32-52-66(36-62(56)74)76-64-28-24-42-14-6-8-16-44(42)68(52)64/h5-36H,1-4H3. The average molecular weight is 1010 g/mol. The van der Waals surface area contributed by atoms with Gasteiger partial charge in [0.1, 0.15) is 0 Å². The third kappa shape index (κ3) is 5.75. The van der Waals surface area contributed by atoms with Crippen LogP contribution in [-0.2, 0) is 10.8 Å². The highest BCUT2D eigenvalue weighted by Crippen LogP contribution is 2.59. The van der Waals surface area contributed by atoms with Gasteiger partial charge in [0, 0.05) is 61.9 Å². The van der Waals surface area contributed by atoms with Crippen molar-refractivity contribution in [2.24, 2.45) is 0 Å². The van der Waals surface area contributed by atoms with Crippen LogP contribution in [0.2, 0.25) is 0 Å². The molecule has 0 N–H and O–H groups in total. The maximum absolute atomic E-state index is 10.7. The number of hydrogen-bond acceptors (Lipinski definition) is 6. The van der Waals surface area contributed by atoms with Gasteiger partial charge in [0.25, 0.3) is 0 Å². The molecule has 12 aromatic carbocycles. The molecule has 0 atom stereocenters. The molecule has 14 aromatic rings. The molecular formula is C70H44N4S2. The summed E-state index contributed by atoms with van der Waals surface area (Å²) < 4.78 is 5.02. The highest BCUT2D eigenvalue weighted by atomic mass is 32.1. The topological polar surface area (TPSA) is 54.1 Å². The summed E-state index contributed by atoms with van der Waals surface area (Å²) in [6, 6.07) is 76.3. The molecule has 0 fully saturated rings. The van der Waals surface area contributed by atoms with Crippen molar-refractivity contribution in [3.8, 4) is 12.1 Å². The summed E-state index contributed by atoms with van der Waals surface area (Å²) >= 11 is 3.70. The fraction of sp³-hybridized carbons (Fsp3) is 0.0857. The number of fused-ring (bicyclic) bond motifs is 19. The highest BCUT2D eigenvalue weighted by Gasteiger charge is 2.40. The molecule has 2 aromatic heterocycles. The Morgan fingerprint density at radius 2 is 0.737 bits per heavy atom. The van der Waals surface area contributed by atoms with Gasteiger partial charge in [0.2, 0.25) is 0 Å². The number of para-hydroxylation sites is 2. The number of nitriles is 2. The Hall–Kier alpha value is -9.04. The Balaban J connectivity index is 1.00. The second-order valence-corrected chi connectivity index (χ2v) is 24.0. The quantitative estimate of drug-likeness (QED) is 0.162. The van der Waals surface area contributed by atoms with E-state index in [1.165, 1.54) is 84.1 Å². The van der Waals surface area contributed by atoms with E-state index in [2.05, 4.69) is 232 Å². The summed E-state index contributed by atoms with van der Waals surface area (Å²) in [5, 5.41) is 37.8. The molecule has 2 aliphatic heterocycles. The van der Waals surface area contributed by atoms with Gasteiger partial charge in [0.05, 0.1) is 57.4 Å². The first-order chi connectivity index (χ1) is 37.1. The van der Waals surface area contributed by atoms with E-state index in [4.69, 9.17) is 0 Å². The monoisotopic (exact) mass is 1000 g/mol. The largest absolute Gasteiger partial charge is 0.309 e. The Bertz CT molecular complexity index is 4740. The molecular weight excluding hydrogens is 961 g/mol. The van der Waals surface area contributed by atoms with E-state index in [0.29, 0.717) is 11.1 Å². The summed E-state index contributed by atoms with van der Waals surface area (Å²) in [6.45, 7) is 9.45. The van der Waals surface area contributed by atoms with Crippen molar-refractivity contribution in [2.75, 3.05) is 9.80 Å².